The maximum absolute atomic E-state index is 12.5. The molecule has 1 N–H and O–H groups in total. The lowest BCUT2D eigenvalue weighted by molar-refractivity contribution is -0.386. The van der Waals surface area contributed by atoms with Crippen LogP contribution in [-0.4, -0.2) is 35.8 Å². The van der Waals surface area contributed by atoms with E-state index in [0.29, 0.717) is 6.54 Å². The molecule has 0 aliphatic carbocycles. The number of nitro benzene ring substituents is 1. The maximum atomic E-state index is 12.5. The first kappa shape index (κ1) is 17.4. The molecule has 0 aliphatic heterocycles. The van der Waals surface area contributed by atoms with E-state index in [-0.39, 0.29) is 17.4 Å². The highest BCUT2D eigenvalue weighted by atomic mass is 32.2. The fourth-order valence-electron chi connectivity index (χ4n) is 1.83. The van der Waals surface area contributed by atoms with Crippen LogP contribution in [0, 0.1) is 16.0 Å². The van der Waals surface area contributed by atoms with E-state index in [0.717, 1.165) is 18.6 Å². The summed E-state index contributed by atoms with van der Waals surface area (Å²) in [5, 5.41) is 20.2. The van der Waals surface area contributed by atoms with Gasteiger partial charge in [0.2, 0.25) is 10.0 Å². The molecule has 0 bridgehead atoms. The third kappa shape index (κ3) is 3.92. The predicted octanol–water partition coefficient (Wildman–Crippen LogP) is 2.36. The summed E-state index contributed by atoms with van der Waals surface area (Å²) in [6.45, 7) is 6.26. The molecule has 0 saturated heterocycles. The van der Waals surface area contributed by atoms with Crippen molar-refractivity contribution >= 4 is 15.7 Å². The van der Waals surface area contributed by atoms with Gasteiger partial charge in [0.25, 0.3) is 0 Å². The Labute approximate surface area is 124 Å². The second kappa shape index (κ2) is 6.86. The fraction of sp³-hybridized carbons (Fsp3) is 0.538. The molecule has 0 heterocycles. The summed E-state index contributed by atoms with van der Waals surface area (Å²) in [4.78, 5) is 9.81. The van der Waals surface area contributed by atoms with Gasteiger partial charge >= 0.3 is 5.69 Å². The molecule has 0 saturated carbocycles. The topological polar surface area (TPSA) is 101 Å². The van der Waals surface area contributed by atoms with E-state index in [2.05, 4.69) is 0 Å². The van der Waals surface area contributed by atoms with E-state index >= 15 is 0 Å². The summed E-state index contributed by atoms with van der Waals surface area (Å²) >= 11 is 0. The van der Waals surface area contributed by atoms with Gasteiger partial charge in [0, 0.05) is 19.2 Å². The van der Waals surface area contributed by atoms with E-state index in [1.54, 1.807) is 6.92 Å². The predicted molar refractivity (Wildman–Crippen MR) is 78.6 cm³/mol. The third-order valence-corrected chi connectivity index (χ3v) is 5.28. The molecule has 7 nitrogen and oxygen atoms in total. The second-order valence-electron chi connectivity index (χ2n) is 4.88. The molecule has 1 rings (SSSR count). The van der Waals surface area contributed by atoms with Gasteiger partial charge in [-0.15, -0.1) is 0 Å². The Morgan fingerprint density at radius 2 is 2.00 bits per heavy atom. The van der Waals surface area contributed by atoms with E-state index in [9.17, 15) is 23.6 Å². The zero-order chi connectivity index (χ0) is 16.2. The summed E-state index contributed by atoms with van der Waals surface area (Å²) < 4.78 is 26.3. The number of nitro groups is 1. The molecule has 1 atom stereocenters. The van der Waals surface area contributed by atoms with Crippen LogP contribution in [0.15, 0.2) is 23.1 Å². The highest BCUT2D eigenvalue weighted by Crippen LogP contribution is 2.29. The smallest absolute Gasteiger partial charge is 0.312 e. The maximum Gasteiger partial charge on any atom is 0.312 e. The zero-order valence-electron chi connectivity index (χ0n) is 12.3. The van der Waals surface area contributed by atoms with Crippen LogP contribution < -0.4 is 0 Å². The van der Waals surface area contributed by atoms with Crippen LogP contribution in [-0.2, 0) is 10.0 Å². The van der Waals surface area contributed by atoms with Gasteiger partial charge in [0.15, 0.2) is 5.75 Å². The molecular weight excluding hydrogens is 296 g/mol. The summed E-state index contributed by atoms with van der Waals surface area (Å²) in [5.74, 6) is -0.365. The van der Waals surface area contributed by atoms with Crippen molar-refractivity contribution in [2.45, 2.75) is 32.1 Å². The lowest BCUT2D eigenvalue weighted by Gasteiger charge is -2.23. The number of hydrogen-bond donors (Lipinski definition) is 1. The van der Waals surface area contributed by atoms with Crippen LogP contribution in [0.25, 0.3) is 0 Å². The first-order chi connectivity index (χ1) is 9.73. The van der Waals surface area contributed by atoms with Crippen molar-refractivity contribution in [1.29, 1.82) is 0 Å². The van der Waals surface area contributed by atoms with Crippen LogP contribution in [0.1, 0.15) is 27.2 Å². The van der Waals surface area contributed by atoms with Crippen LogP contribution >= 0.6 is 0 Å². The molecule has 1 aromatic rings. The van der Waals surface area contributed by atoms with Gasteiger partial charge in [-0.3, -0.25) is 10.1 Å². The van der Waals surface area contributed by atoms with E-state index in [1.165, 1.54) is 10.4 Å². The normalized spacial score (nSPS) is 13.3. The molecule has 21 heavy (non-hydrogen) atoms. The fourth-order valence-corrected chi connectivity index (χ4v) is 3.42. The van der Waals surface area contributed by atoms with Crippen LogP contribution in [0.4, 0.5) is 5.69 Å². The molecule has 1 unspecified atom stereocenters. The van der Waals surface area contributed by atoms with Crippen molar-refractivity contribution in [3.05, 3.63) is 28.3 Å². The van der Waals surface area contributed by atoms with Crippen molar-refractivity contribution in [1.82, 2.24) is 4.31 Å². The molecule has 0 amide bonds. The quantitative estimate of drug-likeness (QED) is 0.614. The minimum absolute atomic E-state index is 0.183. The van der Waals surface area contributed by atoms with Gasteiger partial charge in [-0.25, -0.2) is 8.42 Å². The Bertz CT molecular complexity index is 615. The molecule has 0 spiro atoms. The summed E-state index contributed by atoms with van der Waals surface area (Å²) in [5.41, 5.74) is -0.615. The van der Waals surface area contributed by atoms with Crippen molar-refractivity contribution in [3.8, 4) is 5.75 Å². The molecule has 8 heteroatoms. The monoisotopic (exact) mass is 316 g/mol. The number of aromatic hydroxyl groups is 1. The lowest BCUT2D eigenvalue weighted by Crippen LogP contribution is -2.34. The number of phenolic OH excluding ortho intramolecular Hbond substituents is 1. The van der Waals surface area contributed by atoms with E-state index in [1.807, 2.05) is 13.8 Å². The van der Waals surface area contributed by atoms with Crippen LogP contribution in [0.2, 0.25) is 0 Å². The molecule has 0 radical (unpaired) electrons. The molecule has 0 aliphatic rings. The van der Waals surface area contributed by atoms with Gasteiger partial charge in [-0.05, 0) is 18.1 Å². The zero-order valence-corrected chi connectivity index (χ0v) is 13.1. The number of hydrogen-bond acceptors (Lipinski definition) is 5. The number of nitrogens with zero attached hydrogens (tertiary/aromatic N) is 2. The molecule has 1 aromatic carbocycles. The average molecular weight is 316 g/mol. The highest BCUT2D eigenvalue weighted by Gasteiger charge is 2.27. The summed E-state index contributed by atoms with van der Waals surface area (Å²) in [6.07, 6.45) is 0.835. The summed E-state index contributed by atoms with van der Waals surface area (Å²) in [7, 11) is -3.81. The van der Waals surface area contributed by atoms with Crippen LogP contribution in [0.3, 0.4) is 0 Å². The van der Waals surface area contributed by atoms with E-state index < -0.39 is 26.4 Å². The Morgan fingerprint density at radius 3 is 2.48 bits per heavy atom. The number of rotatable bonds is 7. The largest absolute Gasteiger partial charge is 0.502 e. The van der Waals surface area contributed by atoms with Crippen molar-refractivity contribution in [2.75, 3.05) is 13.1 Å². The van der Waals surface area contributed by atoms with Gasteiger partial charge in [0.05, 0.1) is 9.82 Å². The third-order valence-electron chi connectivity index (χ3n) is 3.35. The van der Waals surface area contributed by atoms with Gasteiger partial charge in [-0.1, -0.05) is 27.2 Å². The first-order valence-electron chi connectivity index (χ1n) is 6.71. The molecule has 0 fully saturated rings. The average Bonchev–Trinajstić information content (AvgIpc) is 2.43. The minimum atomic E-state index is -3.81. The number of benzene rings is 1. The molecular formula is C13H20N2O5S. The van der Waals surface area contributed by atoms with Crippen molar-refractivity contribution in [3.63, 3.8) is 0 Å². The Kier molecular flexibility index (Phi) is 5.68. The molecule has 118 valence electrons. The lowest BCUT2D eigenvalue weighted by atomic mass is 10.1. The van der Waals surface area contributed by atoms with Crippen LogP contribution in [0.5, 0.6) is 5.75 Å². The van der Waals surface area contributed by atoms with Gasteiger partial charge in [-0.2, -0.15) is 4.31 Å². The number of sulfonamides is 1. The highest BCUT2D eigenvalue weighted by molar-refractivity contribution is 7.89. The Balaban J connectivity index is 3.23. The standard InChI is InChI=1S/C13H20N2O5S/c1-4-10(3)9-14(5-2)21(19,20)11-6-7-13(16)12(8-11)15(17)18/h6-8,10,16H,4-5,9H2,1-3H3. The summed E-state index contributed by atoms with van der Waals surface area (Å²) in [6, 6.07) is 3.10. The van der Waals surface area contributed by atoms with Gasteiger partial charge in [0.1, 0.15) is 0 Å². The second-order valence-corrected chi connectivity index (χ2v) is 6.81. The Hall–Kier alpha value is -1.67. The van der Waals surface area contributed by atoms with Crippen molar-refractivity contribution < 1.29 is 18.4 Å². The Morgan fingerprint density at radius 1 is 1.38 bits per heavy atom. The van der Waals surface area contributed by atoms with Crippen molar-refractivity contribution in [2.24, 2.45) is 5.92 Å². The number of phenols is 1. The first-order valence-corrected chi connectivity index (χ1v) is 8.15. The molecule has 0 aromatic heterocycles. The SMILES string of the molecule is CCC(C)CN(CC)S(=O)(=O)c1ccc(O)c([N+](=O)[O-])c1. The minimum Gasteiger partial charge on any atom is -0.502 e. The van der Waals surface area contributed by atoms with E-state index in [4.69, 9.17) is 0 Å². The van der Waals surface area contributed by atoms with Gasteiger partial charge < -0.3 is 5.11 Å².